The molecule has 1 aliphatic heterocycles. The van der Waals surface area contributed by atoms with E-state index in [1.165, 1.54) is 9.75 Å². The van der Waals surface area contributed by atoms with Crippen LogP contribution in [0.5, 0.6) is 0 Å². The van der Waals surface area contributed by atoms with Crippen molar-refractivity contribution in [2.45, 2.75) is 6.42 Å². The van der Waals surface area contributed by atoms with Crippen LogP contribution in [0, 0.1) is 0 Å². The molecule has 1 aliphatic rings. The molecule has 0 unspecified atom stereocenters. The highest BCUT2D eigenvalue weighted by Gasteiger charge is 1.87. The molecule has 0 fully saturated rings. The number of rotatable bonds is 0. The second-order valence-electron chi connectivity index (χ2n) is 2.71. The second-order valence-corrected chi connectivity index (χ2v) is 3.66. The van der Waals surface area contributed by atoms with E-state index in [2.05, 4.69) is 35.0 Å². The summed E-state index contributed by atoms with van der Waals surface area (Å²) in [4.78, 5) is 0. The van der Waals surface area contributed by atoms with Gasteiger partial charge in [0.25, 0.3) is 0 Å². The molecule has 2 rings (SSSR count). The highest BCUT2D eigenvalue weighted by atomic mass is 32.1. The van der Waals surface area contributed by atoms with Crippen molar-refractivity contribution in [2.75, 3.05) is 6.54 Å². The van der Waals surface area contributed by atoms with Crippen LogP contribution in [-0.2, 0) is 0 Å². The summed E-state index contributed by atoms with van der Waals surface area (Å²) in [5, 5.41) is 6.69. The Morgan fingerprint density at radius 2 is 2.42 bits per heavy atom. The number of fused-ring (bicyclic) bond motifs is 1. The summed E-state index contributed by atoms with van der Waals surface area (Å²) in [6, 6.07) is 2.16. The molecule has 0 aromatic carbocycles. The van der Waals surface area contributed by atoms with E-state index in [0.29, 0.717) is 0 Å². The Morgan fingerprint density at radius 1 is 1.42 bits per heavy atom. The first-order chi connectivity index (χ1) is 5.97. The van der Waals surface area contributed by atoms with E-state index in [9.17, 15) is 0 Å². The molecule has 0 saturated carbocycles. The van der Waals surface area contributed by atoms with Gasteiger partial charge in [-0.3, -0.25) is 0 Å². The van der Waals surface area contributed by atoms with Gasteiger partial charge in [0.05, 0.1) is 0 Å². The van der Waals surface area contributed by atoms with Gasteiger partial charge < -0.3 is 5.32 Å². The third-order valence-corrected chi connectivity index (χ3v) is 2.76. The lowest BCUT2D eigenvalue weighted by Gasteiger charge is -1.92. The van der Waals surface area contributed by atoms with Gasteiger partial charge in [-0.15, -0.1) is 11.3 Å². The molecule has 0 bridgehead atoms. The Kier molecular flexibility index (Phi) is 2.28. The third kappa shape index (κ3) is 1.59. The van der Waals surface area contributed by atoms with Gasteiger partial charge in [0, 0.05) is 11.1 Å². The predicted molar refractivity (Wildman–Crippen MR) is 54.3 cm³/mol. The summed E-state index contributed by atoms with van der Waals surface area (Å²) in [5.41, 5.74) is 0. The minimum absolute atomic E-state index is 1.03. The molecular weight excluding hydrogens is 166 g/mol. The van der Waals surface area contributed by atoms with E-state index in [-0.39, 0.29) is 0 Å². The van der Waals surface area contributed by atoms with Crippen LogP contribution >= 0.6 is 11.3 Å². The summed E-state index contributed by atoms with van der Waals surface area (Å²) in [6.45, 7) is 1.03. The van der Waals surface area contributed by atoms with Gasteiger partial charge in [0.2, 0.25) is 0 Å². The topological polar surface area (TPSA) is 12.0 Å². The first kappa shape index (κ1) is 7.62. The van der Waals surface area contributed by atoms with Crippen molar-refractivity contribution in [3.05, 3.63) is 33.5 Å². The highest BCUT2D eigenvalue weighted by Crippen LogP contribution is 1.87. The van der Waals surface area contributed by atoms with Crippen molar-refractivity contribution < 1.29 is 0 Å². The smallest absolute Gasteiger partial charge is 0.0303 e. The van der Waals surface area contributed by atoms with Gasteiger partial charge in [-0.2, -0.15) is 0 Å². The molecule has 2 heteroatoms. The van der Waals surface area contributed by atoms with Crippen LogP contribution in [0.2, 0.25) is 0 Å². The van der Waals surface area contributed by atoms with Gasteiger partial charge in [-0.25, -0.2) is 0 Å². The molecular formula is C10H11NS. The van der Waals surface area contributed by atoms with Gasteiger partial charge in [0.1, 0.15) is 0 Å². The molecule has 0 spiro atoms. The minimum atomic E-state index is 1.03. The van der Waals surface area contributed by atoms with E-state index < -0.39 is 0 Å². The maximum atomic E-state index is 3.21. The summed E-state index contributed by atoms with van der Waals surface area (Å²) in [5.74, 6) is 0. The minimum Gasteiger partial charge on any atom is -0.391 e. The fourth-order valence-electron chi connectivity index (χ4n) is 1.22. The summed E-state index contributed by atoms with van der Waals surface area (Å²) >= 11 is 1.81. The maximum absolute atomic E-state index is 3.21. The highest BCUT2D eigenvalue weighted by molar-refractivity contribution is 7.07. The summed E-state index contributed by atoms with van der Waals surface area (Å²) < 4.78 is 1.39. The van der Waals surface area contributed by atoms with Crippen molar-refractivity contribution in [1.82, 2.24) is 5.32 Å². The van der Waals surface area contributed by atoms with Crippen molar-refractivity contribution in [3.8, 4) is 0 Å². The van der Waals surface area contributed by atoms with Gasteiger partial charge in [0.15, 0.2) is 0 Å². The largest absolute Gasteiger partial charge is 0.391 e. The maximum Gasteiger partial charge on any atom is 0.0303 e. The Bertz CT molecular complexity index is 386. The average molecular weight is 177 g/mol. The van der Waals surface area contributed by atoms with Crippen LogP contribution in [0.15, 0.2) is 23.7 Å². The van der Waals surface area contributed by atoms with Crippen LogP contribution < -0.4 is 15.1 Å². The first-order valence-corrected chi connectivity index (χ1v) is 4.99. The van der Waals surface area contributed by atoms with E-state index in [1.54, 1.807) is 0 Å². The molecule has 1 nitrogen and oxygen atoms in total. The zero-order valence-corrected chi connectivity index (χ0v) is 7.60. The molecule has 1 N–H and O–H groups in total. The fraction of sp³-hybridized carbons (Fsp3) is 0.200. The van der Waals surface area contributed by atoms with Gasteiger partial charge >= 0.3 is 0 Å². The molecule has 12 heavy (non-hydrogen) atoms. The lowest BCUT2D eigenvalue weighted by molar-refractivity contribution is 0.872. The molecule has 0 radical (unpaired) electrons. The van der Waals surface area contributed by atoms with E-state index in [1.807, 2.05) is 17.5 Å². The summed E-state index contributed by atoms with van der Waals surface area (Å²) in [7, 11) is 0. The Balaban J connectivity index is 2.56. The lowest BCUT2D eigenvalue weighted by Crippen LogP contribution is -2.16. The monoisotopic (exact) mass is 177 g/mol. The van der Waals surface area contributed by atoms with Crippen LogP contribution in [0.1, 0.15) is 6.42 Å². The molecule has 0 saturated heterocycles. The first-order valence-electron chi connectivity index (χ1n) is 4.11. The van der Waals surface area contributed by atoms with Crippen molar-refractivity contribution in [2.24, 2.45) is 0 Å². The molecule has 0 atom stereocenters. The average Bonchev–Trinajstić information content (AvgIpc) is 2.50. The van der Waals surface area contributed by atoms with Crippen LogP contribution in [0.25, 0.3) is 12.2 Å². The van der Waals surface area contributed by atoms with Crippen molar-refractivity contribution >= 4 is 23.5 Å². The van der Waals surface area contributed by atoms with Crippen molar-refractivity contribution in [3.63, 3.8) is 0 Å². The molecule has 1 aromatic rings. The fourth-order valence-corrected chi connectivity index (χ4v) is 2.07. The Hall–Kier alpha value is -1.02. The second kappa shape index (κ2) is 3.59. The number of nitrogens with one attached hydrogen (secondary N) is 1. The van der Waals surface area contributed by atoms with Gasteiger partial charge in [-0.05, 0) is 35.4 Å². The van der Waals surface area contributed by atoms with Crippen LogP contribution in [-0.4, -0.2) is 6.54 Å². The molecule has 1 aromatic heterocycles. The van der Waals surface area contributed by atoms with Crippen LogP contribution in [0.4, 0.5) is 0 Å². The van der Waals surface area contributed by atoms with E-state index >= 15 is 0 Å². The normalized spacial score (nSPS) is 18.5. The zero-order chi connectivity index (χ0) is 8.23. The number of thiophene rings is 1. The number of hydrogen-bond donors (Lipinski definition) is 1. The SMILES string of the molecule is C1=CNCC/C=c2\sccc2=C1. The number of allylic oxidation sites excluding steroid dienone is 1. The summed E-state index contributed by atoms with van der Waals surface area (Å²) in [6.07, 6.45) is 9.59. The number of hydrogen-bond acceptors (Lipinski definition) is 2. The van der Waals surface area contributed by atoms with E-state index in [0.717, 1.165) is 13.0 Å². The Labute approximate surface area is 75.7 Å². The lowest BCUT2D eigenvalue weighted by atomic mass is 10.3. The molecule has 2 heterocycles. The zero-order valence-electron chi connectivity index (χ0n) is 6.79. The third-order valence-electron chi connectivity index (χ3n) is 1.84. The molecule has 0 aliphatic carbocycles. The van der Waals surface area contributed by atoms with Crippen LogP contribution in [0.3, 0.4) is 0 Å². The quantitative estimate of drug-likeness (QED) is 0.618. The van der Waals surface area contributed by atoms with E-state index in [4.69, 9.17) is 0 Å². The molecule has 62 valence electrons. The predicted octanol–water partition coefficient (Wildman–Crippen LogP) is 0.816. The molecule has 0 amide bonds. The van der Waals surface area contributed by atoms with Crippen molar-refractivity contribution in [1.29, 1.82) is 0 Å². The standard InChI is InChI=1S/C10H11NS/c1-3-9-5-8-12-10(9)4-2-7-11-6-1/h1,3-6,8,11H,2,7H2/b6-1?,9-3?,10-4-. The Morgan fingerprint density at radius 3 is 3.42 bits per heavy atom. The van der Waals surface area contributed by atoms with Gasteiger partial charge in [-0.1, -0.05) is 12.2 Å².